The van der Waals surface area contributed by atoms with Gasteiger partial charge in [0.1, 0.15) is 5.82 Å². The number of likely N-dealkylation sites (N-methyl/N-ethyl adjacent to an activating group) is 1. The van der Waals surface area contributed by atoms with Crippen LogP contribution in [-0.4, -0.2) is 13.1 Å². The van der Waals surface area contributed by atoms with Gasteiger partial charge < -0.3 is 5.32 Å². The summed E-state index contributed by atoms with van der Waals surface area (Å²) in [5.74, 6) is 0.447. The fourth-order valence-electron chi connectivity index (χ4n) is 2.47. The van der Waals surface area contributed by atoms with Gasteiger partial charge in [-0.1, -0.05) is 36.4 Å². The lowest BCUT2D eigenvalue weighted by atomic mass is 10.0. The second-order valence-corrected chi connectivity index (χ2v) is 4.87. The number of hydrogen-bond donors (Lipinski definition) is 1. The molecule has 0 aliphatic heterocycles. The molecule has 2 atom stereocenters. The van der Waals surface area contributed by atoms with E-state index in [9.17, 15) is 4.39 Å². The fourth-order valence-corrected chi connectivity index (χ4v) is 2.47. The van der Waals surface area contributed by atoms with Crippen LogP contribution in [0.3, 0.4) is 0 Å². The largest absolute Gasteiger partial charge is 0.316 e. The highest BCUT2D eigenvalue weighted by Crippen LogP contribution is 2.41. The van der Waals surface area contributed by atoms with Crippen LogP contribution in [0, 0.1) is 5.82 Å². The van der Waals surface area contributed by atoms with Gasteiger partial charge in [-0.2, -0.15) is 0 Å². The number of hydrogen-bond acceptors (Lipinski definition) is 1. The molecule has 92 valence electrons. The maximum atomic E-state index is 12.9. The molecule has 0 bridgehead atoms. The third-order valence-corrected chi connectivity index (χ3v) is 3.65. The van der Waals surface area contributed by atoms with E-state index in [1.165, 1.54) is 24.1 Å². The lowest BCUT2D eigenvalue weighted by Crippen LogP contribution is -2.10. The van der Waals surface area contributed by atoms with Gasteiger partial charge in [0.05, 0.1) is 0 Å². The summed E-state index contributed by atoms with van der Waals surface area (Å²) in [5, 5.41) is 3.30. The maximum absolute atomic E-state index is 12.9. The van der Waals surface area contributed by atoms with E-state index in [0.29, 0.717) is 12.0 Å². The summed E-state index contributed by atoms with van der Waals surface area (Å²) < 4.78 is 12.9. The molecule has 2 heteroatoms. The fraction of sp³-hybridized carbons (Fsp3) is 0.250. The summed E-state index contributed by atoms with van der Waals surface area (Å²) in [6.07, 6.45) is 1.21. The molecule has 0 radical (unpaired) electrons. The molecule has 1 nitrogen and oxygen atoms in total. The van der Waals surface area contributed by atoms with Gasteiger partial charge >= 0.3 is 0 Å². The molecule has 2 aromatic carbocycles. The van der Waals surface area contributed by atoms with Crippen LogP contribution in [0.2, 0.25) is 0 Å². The van der Waals surface area contributed by atoms with Crippen molar-refractivity contribution in [3.05, 3.63) is 59.9 Å². The van der Waals surface area contributed by atoms with Crippen LogP contribution in [0.1, 0.15) is 17.9 Å². The van der Waals surface area contributed by atoms with Crippen LogP contribution in [0.15, 0.2) is 48.5 Å². The maximum Gasteiger partial charge on any atom is 0.123 e. The highest BCUT2D eigenvalue weighted by Gasteiger charge is 2.36. The van der Waals surface area contributed by atoms with E-state index < -0.39 is 0 Å². The molecule has 3 rings (SSSR count). The van der Waals surface area contributed by atoms with Crippen LogP contribution < -0.4 is 5.32 Å². The molecule has 0 aromatic heterocycles. The van der Waals surface area contributed by atoms with E-state index in [2.05, 4.69) is 29.6 Å². The highest BCUT2D eigenvalue weighted by molar-refractivity contribution is 5.64. The molecule has 2 unspecified atom stereocenters. The summed E-state index contributed by atoms with van der Waals surface area (Å²) in [6.45, 7) is 0. The van der Waals surface area contributed by atoms with Gasteiger partial charge in [0.25, 0.3) is 0 Å². The van der Waals surface area contributed by atoms with E-state index in [1.807, 2.05) is 19.2 Å². The van der Waals surface area contributed by atoms with Crippen molar-refractivity contribution in [1.82, 2.24) is 5.32 Å². The van der Waals surface area contributed by atoms with Gasteiger partial charge in [-0.05, 0) is 42.3 Å². The lowest BCUT2D eigenvalue weighted by molar-refractivity contribution is 0.628. The van der Waals surface area contributed by atoms with E-state index >= 15 is 0 Å². The zero-order valence-corrected chi connectivity index (χ0v) is 10.4. The highest BCUT2D eigenvalue weighted by atomic mass is 19.1. The Labute approximate surface area is 107 Å². The van der Waals surface area contributed by atoms with Gasteiger partial charge in [0.15, 0.2) is 0 Å². The number of rotatable bonds is 3. The van der Waals surface area contributed by atoms with Crippen molar-refractivity contribution in [2.75, 3.05) is 7.05 Å². The van der Waals surface area contributed by atoms with Crippen molar-refractivity contribution in [2.24, 2.45) is 0 Å². The monoisotopic (exact) mass is 241 g/mol. The van der Waals surface area contributed by atoms with Crippen molar-refractivity contribution in [3.63, 3.8) is 0 Å². The van der Waals surface area contributed by atoms with Crippen molar-refractivity contribution >= 4 is 0 Å². The van der Waals surface area contributed by atoms with Gasteiger partial charge in [-0.3, -0.25) is 0 Å². The predicted molar refractivity (Wildman–Crippen MR) is 72.0 cm³/mol. The standard InChI is InChI=1S/C16H16FN/c1-18-16-10-15(16)13-4-2-3-12(9-13)11-5-7-14(17)8-6-11/h2-9,15-16,18H,10H2,1H3. The van der Waals surface area contributed by atoms with E-state index in [4.69, 9.17) is 0 Å². The van der Waals surface area contributed by atoms with Gasteiger partial charge in [0, 0.05) is 12.0 Å². The van der Waals surface area contributed by atoms with Crippen LogP contribution in [0.4, 0.5) is 4.39 Å². The second kappa shape index (κ2) is 4.54. The summed E-state index contributed by atoms with van der Waals surface area (Å²) in [7, 11) is 2.01. The predicted octanol–water partition coefficient (Wildman–Crippen LogP) is 3.57. The number of halogens is 1. The Morgan fingerprint density at radius 1 is 1.06 bits per heavy atom. The van der Waals surface area contributed by atoms with Gasteiger partial charge in [0.2, 0.25) is 0 Å². The third-order valence-electron chi connectivity index (χ3n) is 3.65. The first-order chi connectivity index (χ1) is 8.78. The Morgan fingerprint density at radius 3 is 2.50 bits per heavy atom. The van der Waals surface area contributed by atoms with E-state index in [-0.39, 0.29) is 5.82 Å². The van der Waals surface area contributed by atoms with Crippen molar-refractivity contribution in [1.29, 1.82) is 0 Å². The molecule has 0 spiro atoms. The first kappa shape index (κ1) is 11.4. The number of nitrogens with one attached hydrogen (secondary N) is 1. The molecule has 0 saturated heterocycles. The van der Waals surface area contributed by atoms with Crippen molar-refractivity contribution < 1.29 is 4.39 Å². The molecule has 0 heterocycles. The third kappa shape index (κ3) is 2.16. The molecule has 1 aliphatic rings. The van der Waals surface area contributed by atoms with E-state index in [1.54, 1.807) is 0 Å². The van der Waals surface area contributed by atoms with E-state index in [0.717, 1.165) is 11.1 Å². The minimum absolute atomic E-state index is 0.188. The molecule has 1 saturated carbocycles. The SMILES string of the molecule is CNC1CC1c1cccc(-c2ccc(F)cc2)c1. The zero-order chi connectivity index (χ0) is 12.5. The molecular formula is C16H16FN. The summed E-state index contributed by atoms with van der Waals surface area (Å²) in [6, 6.07) is 15.9. The Bertz CT molecular complexity index is 547. The average molecular weight is 241 g/mol. The minimum Gasteiger partial charge on any atom is -0.316 e. The first-order valence-electron chi connectivity index (χ1n) is 6.31. The van der Waals surface area contributed by atoms with Crippen molar-refractivity contribution in [2.45, 2.75) is 18.4 Å². The van der Waals surface area contributed by atoms with Crippen LogP contribution in [-0.2, 0) is 0 Å². The second-order valence-electron chi connectivity index (χ2n) is 4.87. The average Bonchev–Trinajstić information content (AvgIpc) is 3.19. The Morgan fingerprint density at radius 2 is 1.83 bits per heavy atom. The smallest absolute Gasteiger partial charge is 0.123 e. The molecular weight excluding hydrogens is 225 g/mol. The molecule has 1 fully saturated rings. The zero-order valence-electron chi connectivity index (χ0n) is 10.4. The normalized spacial score (nSPS) is 21.9. The topological polar surface area (TPSA) is 12.0 Å². The Kier molecular flexibility index (Phi) is 2.88. The van der Waals surface area contributed by atoms with Crippen LogP contribution >= 0.6 is 0 Å². The molecule has 18 heavy (non-hydrogen) atoms. The Balaban J connectivity index is 1.89. The van der Waals surface area contributed by atoms with Gasteiger partial charge in [-0.25, -0.2) is 4.39 Å². The minimum atomic E-state index is -0.188. The molecule has 1 N–H and O–H groups in total. The number of benzene rings is 2. The van der Waals surface area contributed by atoms with Crippen molar-refractivity contribution in [3.8, 4) is 11.1 Å². The lowest BCUT2D eigenvalue weighted by Gasteiger charge is -2.05. The Hall–Kier alpha value is -1.67. The molecule has 0 amide bonds. The van der Waals surface area contributed by atoms with Crippen LogP contribution in [0.25, 0.3) is 11.1 Å². The quantitative estimate of drug-likeness (QED) is 0.866. The summed E-state index contributed by atoms with van der Waals surface area (Å²) >= 11 is 0. The molecule has 1 aliphatic carbocycles. The summed E-state index contributed by atoms with van der Waals surface area (Å²) in [4.78, 5) is 0. The van der Waals surface area contributed by atoms with Gasteiger partial charge in [-0.15, -0.1) is 0 Å². The first-order valence-corrected chi connectivity index (χ1v) is 6.31. The van der Waals surface area contributed by atoms with Crippen LogP contribution in [0.5, 0.6) is 0 Å². The molecule has 2 aromatic rings. The summed E-state index contributed by atoms with van der Waals surface area (Å²) in [5.41, 5.74) is 3.60.